The van der Waals surface area contributed by atoms with Gasteiger partial charge in [-0.15, -0.1) is 6.42 Å². The van der Waals surface area contributed by atoms with Crippen molar-refractivity contribution in [2.24, 2.45) is 0 Å². The molecule has 1 aliphatic rings. The predicted octanol–water partition coefficient (Wildman–Crippen LogP) is 2.75. The summed E-state index contributed by atoms with van der Waals surface area (Å²) in [6, 6.07) is 12.8. The summed E-state index contributed by atoms with van der Waals surface area (Å²) in [4.78, 5) is 28.2. The highest BCUT2D eigenvalue weighted by Gasteiger charge is 2.20. The van der Waals surface area contributed by atoms with E-state index in [1.54, 1.807) is 43.1 Å². The lowest BCUT2D eigenvalue weighted by molar-refractivity contribution is -0.144. The molecule has 32 heavy (non-hydrogen) atoms. The van der Waals surface area contributed by atoms with Crippen molar-refractivity contribution in [3.05, 3.63) is 64.7 Å². The number of nitrogens with zero attached hydrogens (tertiary/aromatic N) is 2. The SMILES string of the molecule is C#CCN(C)C(=N)c1ccc(C(=O)Nc2ccc3c(c2)CN(CC(=O)OCC)CC3)cc1. The van der Waals surface area contributed by atoms with E-state index in [1.807, 2.05) is 18.2 Å². The van der Waals surface area contributed by atoms with Crippen LogP contribution in [0.25, 0.3) is 0 Å². The van der Waals surface area contributed by atoms with Crippen LogP contribution in [0.1, 0.15) is 34.0 Å². The van der Waals surface area contributed by atoms with Crippen molar-refractivity contribution < 1.29 is 14.3 Å². The number of carbonyl (C=O) groups excluding carboxylic acids is 2. The van der Waals surface area contributed by atoms with E-state index >= 15 is 0 Å². The van der Waals surface area contributed by atoms with Gasteiger partial charge in [-0.25, -0.2) is 0 Å². The molecule has 1 heterocycles. The van der Waals surface area contributed by atoms with Crippen molar-refractivity contribution in [2.45, 2.75) is 19.9 Å². The number of hydrogen-bond acceptors (Lipinski definition) is 5. The molecule has 2 N–H and O–H groups in total. The highest BCUT2D eigenvalue weighted by Crippen LogP contribution is 2.23. The van der Waals surface area contributed by atoms with E-state index in [9.17, 15) is 9.59 Å². The van der Waals surface area contributed by atoms with Gasteiger partial charge in [-0.3, -0.25) is 19.9 Å². The van der Waals surface area contributed by atoms with Crippen LogP contribution in [-0.2, 0) is 22.5 Å². The number of amides is 1. The second-order valence-corrected chi connectivity index (χ2v) is 7.69. The standard InChI is InChI=1S/C25H28N4O3/c1-4-13-28(3)24(26)19-6-8-20(9-7-19)25(31)27-22-11-10-18-12-14-29(16-21(18)15-22)17-23(30)32-5-2/h1,6-11,15,26H,5,12-14,16-17H2,2-3H3,(H,27,31). The van der Waals surface area contributed by atoms with Gasteiger partial charge in [0.2, 0.25) is 0 Å². The molecule has 0 radical (unpaired) electrons. The van der Waals surface area contributed by atoms with Crippen LogP contribution in [-0.4, -0.2) is 60.8 Å². The van der Waals surface area contributed by atoms with Crippen LogP contribution in [0.3, 0.4) is 0 Å². The molecule has 0 saturated heterocycles. The van der Waals surface area contributed by atoms with Gasteiger partial charge in [-0.05, 0) is 48.7 Å². The molecule has 1 aliphatic heterocycles. The van der Waals surface area contributed by atoms with Gasteiger partial charge < -0.3 is 15.0 Å². The average Bonchev–Trinajstić information content (AvgIpc) is 2.78. The van der Waals surface area contributed by atoms with E-state index in [4.69, 9.17) is 16.6 Å². The highest BCUT2D eigenvalue weighted by atomic mass is 16.5. The summed E-state index contributed by atoms with van der Waals surface area (Å²) in [5, 5.41) is 11.1. The van der Waals surface area contributed by atoms with E-state index in [1.165, 1.54) is 5.56 Å². The van der Waals surface area contributed by atoms with Gasteiger partial charge in [-0.1, -0.05) is 24.1 Å². The van der Waals surface area contributed by atoms with E-state index in [-0.39, 0.29) is 18.4 Å². The lowest BCUT2D eigenvalue weighted by atomic mass is 9.99. The molecule has 1 amide bonds. The molecule has 0 saturated carbocycles. The van der Waals surface area contributed by atoms with Crippen molar-refractivity contribution in [2.75, 3.05) is 38.6 Å². The third-order valence-electron chi connectivity index (χ3n) is 5.34. The Kier molecular flexibility index (Phi) is 7.63. The topological polar surface area (TPSA) is 85.7 Å². The van der Waals surface area contributed by atoms with Crippen LogP contribution in [0.2, 0.25) is 0 Å². The molecule has 0 spiro atoms. The Bertz CT molecular complexity index is 1040. The quantitative estimate of drug-likeness (QED) is 0.304. The Morgan fingerprint density at radius 1 is 1.19 bits per heavy atom. The molecule has 2 aromatic rings. The smallest absolute Gasteiger partial charge is 0.320 e. The van der Waals surface area contributed by atoms with E-state index in [2.05, 4.69) is 16.1 Å². The molecule has 3 rings (SSSR count). The summed E-state index contributed by atoms with van der Waals surface area (Å²) in [5.41, 5.74) is 4.22. The zero-order valence-electron chi connectivity index (χ0n) is 18.5. The van der Waals surface area contributed by atoms with Crippen LogP contribution in [0, 0.1) is 17.8 Å². The van der Waals surface area contributed by atoms with Gasteiger partial charge in [0.25, 0.3) is 5.91 Å². The van der Waals surface area contributed by atoms with Crippen molar-refractivity contribution in [1.82, 2.24) is 9.80 Å². The molecule has 166 valence electrons. The van der Waals surface area contributed by atoms with Crippen LogP contribution in [0.5, 0.6) is 0 Å². The first-order valence-electron chi connectivity index (χ1n) is 10.6. The molecule has 7 nitrogen and oxygen atoms in total. The number of fused-ring (bicyclic) bond motifs is 1. The molecule has 0 unspecified atom stereocenters. The first-order valence-corrected chi connectivity index (χ1v) is 10.6. The van der Waals surface area contributed by atoms with E-state index < -0.39 is 0 Å². The maximum Gasteiger partial charge on any atom is 0.320 e. The summed E-state index contributed by atoms with van der Waals surface area (Å²) in [6.45, 7) is 4.23. The summed E-state index contributed by atoms with van der Waals surface area (Å²) in [6.07, 6.45) is 6.15. The first kappa shape index (κ1) is 23.0. The Hall–Kier alpha value is -3.63. The fourth-order valence-corrected chi connectivity index (χ4v) is 3.64. The molecular formula is C25H28N4O3. The van der Waals surface area contributed by atoms with Crippen molar-refractivity contribution in [1.29, 1.82) is 5.41 Å². The molecule has 0 atom stereocenters. The van der Waals surface area contributed by atoms with E-state index in [0.717, 1.165) is 18.5 Å². The summed E-state index contributed by atoms with van der Waals surface area (Å²) in [7, 11) is 1.76. The third-order valence-corrected chi connectivity index (χ3v) is 5.34. The Morgan fingerprint density at radius 2 is 1.91 bits per heavy atom. The van der Waals surface area contributed by atoms with Crippen LogP contribution < -0.4 is 5.32 Å². The maximum atomic E-state index is 12.7. The number of hydrogen-bond donors (Lipinski definition) is 2. The molecule has 0 aromatic heterocycles. The van der Waals surface area contributed by atoms with Crippen LogP contribution in [0.15, 0.2) is 42.5 Å². The third kappa shape index (κ3) is 5.74. The van der Waals surface area contributed by atoms with Gasteiger partial charge in [0.1, 0.15) is 5.84 Å². The normalized spacial score (nSPS) is 12.9. The number of terminal acetylenes is 1. The number of ether oxygens (including phenoxy) is 1. The predicted molar refractivity (Wildman–Crippen MR) is 125 cm³/mol. The minimum Gasteiger partial charge on any atom is -0.465 e. The van der Waals surface area contributed by atoms with Gasteiger partial charge in [0.15, 0.2) is 0 Å². The summed E-state index contributed by atoms with van der Waals surface area (Å²) in [5.74, 6) is 2.37. The number of benzene rings is 2. The Morgan fingerprint density at radius 3 is 2.59 bits per heavy atom. The fraction of sp³-hybridized carbons (Fsp3) is 0.320. The summed E-state index contributed by atoms with van der Waals surface area (Å²) < 4.78 is 5.04. The lowest BCUT2D eigenvalue weighted by Crippen LogP contribution is -2.35. The first-order chi connectivity index (χ1) is 15.4. The number of nitrogens with one attached hydrogen (secondary N) is 2. The molecule has 7 heteroatoms. The minimum absolute atomic E-state index is 0.220. The number of rotatable bonds is 7. The van der Waals surface area contributed by atoms with Gasteiger partial charge in [-0.2, -0.15) is 0 Å². The Labute approximate surface area is 188 Å². The molecular weight excluding hydrogens is 404 g/mol. The highest BCUT2D eigenvalue weighted by molar-refractivity contribution is 6.05. The zero-order valence-corrected chi connectivity index (χ0v) is 18.5. The van der Waals surface area contributed by atoms with Gasteiger partial charge in [0, 0.05) is 37.0 Å². The number of anilines is 1. The second-order valence-electron chi connectivity index (χ2n) is 7.69. The van der Waals surface area contributed by atoms with Crippen molar-refractivity contribution in [3.8, 4) is 12.3 Å². The average molecular weight is 433 g/mol. The second kappa shape index (κ2) is 10.6. The fourth-order valence-electron chi connectivity index (χ4n) is 3.64. The number of esters is 1. The van der Waals surface area contributed by atoms with Crippen LogP contribution >= 0.6 is 0 Å². The van der Waals surface area contributed by atoms with Gasteiger partial charge >= 0.3 is 5.97 Å². The molecule has 0 fully saturated rings. The number of carbonyl (C=O) groups is 2. The minimum atomic E-state index is -0.223. The van der Waals surface area contributed by atoms with E-state index in [0.29, 0.717) is 42.3 Å². The van der Waals surface area contributed by atoms with Gasteiger partial charge in [0.05, 0.1) is 19.7 Å². The van der Waals surface area contributed by atoms with Crippen molar-refractivity contribution in [3.63, 3.8) is 0 Å². The monoisotopic (exact) mass is 432 g/mol. The maximum absolute atomic E-state index is 12.7. The van der Waals surface area contributed by atoms with Crippen LogP contribution in [0.4, 0.5) is 5.69 Å². The molecule has 0 aliphatic carbocycles. The Balaban J connectivity index is 1.64. The number of amidine groups is 1. The lowest BCUT2D eigenvalue weighted by Gasteiger charge is -2.28. The molecule has 0 bridgehead atoms. The zero-order chi connectivity index (χ0) is 23.1. The summed E-state index contributed by atoms with van der Waals surface area (Å²) >= 11 is 0. The molecule has 2 aromatic carbocycles. The van der Waals surface area contributed by atoms with Crippen molar-refractivity contribution >= 4 is 23.4 Å². The largest absolute Gasteiger partial charge is 0.465 e.